The fourth-order valence-corrected chi connectivity index (χ4v) is 3.86. The van der Waals surface area contributed by atoms with Crippen LogP contribution in [-0.2, 0) is 47.9 Å². The Morgan fingerprint density at radius 2 is 1.07 bits per heavy atom. The second kappa shape index (κ2) is 18.6. The number of hydrogen-bond acceptors (Lipinski definition) is 10. The number of ether oxygens (including phenoxy) is 1. The largest absolute Gasteiger partial charge is 0.381 e. The van der Waals surface area contributed by atoms with Gasteiger partial charge in [0.25, 0.3) is 23.6 Å². The summed E-state index contributed by atoms with van der Waals surface area (Å²) in [7, 11) is 0. The molecule has 1 unspecified atom stereocenters. The highest BCUT2D eigenvalue weighted by atomic mass is 16.5. The molecule has 0 spiro atoms. The van der Waals surface area contributed by atoms with Crippen molar-refractivity contribution in [1.29, 1.82) is 0 Å². The first kappa shape index (κ1) is 35.3. The molecule has 240 valence electrons. The molecule has 17 heteroatoms. The molecule has 2 rings (SSSR count). The summed E-state index contributed by atoms with van der Waals surface area (Å²) in [5.74, 6) is -4.65. The Morgan fingerprint density at radius 1 is 0.636 bits per heavy atom. The van der Waals surface area contributed by atoms with E-state index in [1.807, 2.05) is 0 Å². The van der Waals surface area contributed by atoms with Gasteiger partial charge in [0.05, 0.1) is 13.0 Å². The quantitative estimate of drug-likeness (QED) is 0.0664. The number of nitrogens with zero attached hydrogens (tertiary/aromatic N) is 2. The van der Waals surface area contributed by atoms with Crippen LogP contribution in [0.25, 0.3) is 0 Å². The van der Waals surface area contributed by atoms with Gasteiger partial charge in [-0.2, -0.15) is 0 Å². The van der Waals surface area contributed by atoms with Crippen molar-refractivity contribution in [3.63, 3.8) is 0 Å². The molecule has 0 aromatic carbocycles. The minimum absolute atomic E-state index is 0.0110. The van der Waals surface area contributed by atoms with Crippen LogP contribution in [0.2, 0.25) is 0 Å². The molecule has 9 amide bonds. The van der Waals surface area contributed by atoms with E-state index < -0.39 is 65.6 Å². The van der Waals surface area contributed by atoms with Crippen LogP contribution >= 0.6 is 0 Å². The molecule has 0 saturated carbocycles. The standard InChI is InChI=1S/C27H37N7O10/c1-2-44-16-9-21(37)32-18(27(43)31-13-12-29-20(36)8-15-34-25(41)5-6-26(34)42)17-22(38)30-11-10-28-19(35)7-14-33-23(39)3-4-24(33)40/h3-6,18H,2,7-17H2,1H3,(H,28,35)(H,29,36)(H,30,38)(H,31,43)(H,32,37). The van der Waals surface area contributed by atoms with Gasteiger partial charge in [0.15, 0.2) is 0 Å². The van der Waals surface area contributed by atoms with Gasteiger partial charge < -0.3 is 31.3 Å². The highest BCUT2D eigenvalue weighted by molar-refractivity contribution is 6.13. The summed E-state index contributed by atoms with van der Waals surface area (Å²) in [6.45, 7) is 2.14. The predicted octanol–water partition coefficient (Wildman–Crippen LogP) is -3.62. The van der Waals surface area contributed by atoms with Crippen molar-refractivity contribution in [2.45, 2.75) is 38.6 Å². The zero-order valence-corrected chi connectivity index (χ0v) is 24.3. The fraction of sp³-hybridized carbons (Fsp3) is 0.519. The van der Waals surface area contributed by atoms with Gasteiger partial charge in [-0.3, -0.25) is 53.0 Å². The van der Waals surface area contributed by atoms with E-state index in [0.717, 1.165) is 34.1 Å². The summed E-state index contributed by atoms with van der Waals surface area (Å²) < 4.78 is 5.14. The summed E-state index contributed by atoms with van der Waals surface area (Å²) in [5.41, 5.74) is 0. The third-order valence-corrected chi connectivity index (χ3v) is 6.16. The van der Waals surface area contributed by atoms with Crippen molar-refractivity contribution in [2.75, 3.05) is 52.5 Å². The second-order valence-electron chi connectivity index (χ2n) is 9.43. The molecular weight excluding hydrogens is 582 g/mol. The minimum Gasteiger partial charge on any atom is -0.381 e. The molecule has 1 atom stereocenters. The third-order valence-electron chi connectivity index (χ3n) is 6.16. The maximum absolute atomic E-state index is 12.8. The Labute approximate surface area is 253 Å². The monoisotopic (exact) mass is 619 g/mol. The van der Waals surface area contributed by atoms with E-state index in [1.54, 1.807) is 6.92 Å². The second-order valence-corrected chi connectivity index (χ2v) is 9.43. The molecule has 0 saturated heterocycles. The van der Waals surface area contributed by atoms with Crippen molar-refractivity contribution in [2.24, 2.45) is 0 Å². The Balaban J connectivity index is 1.72. The Hall–Kier alpha value is -4.93. The van der Waals surface area contributed by atoms with Crippen LogP contribution < -0.4 is 26.6 Å². The van der Waals surface area contributed by atoms with Gasteiger partial charge in [-0.25, -0.2) is 0 Å². The van der Waals surface area contributed by atoms with E-state index in [1.165, 1.54) is 0 Å². The molecule has 2 heterocycles. The van der Waals surface area contributed by atoms with Gasteiger partial charge in [-0.05, 0) is 6.92 Å². The number of hydrogen-bond donors (Lipinski definition) is 5. The minimum atomic E-state index is -1.24. The number of amides is 9. The van der Waals surface area contributed by atoms with Crippen LogP contribution in [-0.4, -0.2) is 121 Å². The summed E-state index contributed by atoms with van der Waals surface area (Å²) in [5, 5.41) is 12.6. The lowest BCUT2D eigenvalue weighted by atomic mass is 10.1. The highest BCUT2D eigenvalue weighted by Crippen LogP contribution is 2.05. The van der Waals surface area contributed by atoms with Crippen molar-refractivity contribution in [3.05, 3.63) is 24.3 Å². The van der Waals surface area contributed by atoms with Crippen molar-refractivity contribution < 1.29 is 47.9 Å². The first-order valence-corrected chi connectivity index (χ1v) is 14.0. The van der Waals surface area contributed by atoms with Crippen LogP contribution in [0.1, 0.15) is 32.6 Å². The Kier molecular flexibility index (Phi) is 14.9. The molecule has 5 N–H and O–H groups in total. The summed E-state index contributed by atoms with van der Waals surface area (Å²) in [4.78, 5) is 110. The SMILES string of the molecule is CCOCCC(=O)NC(CC(=O)NCCNC(=O)CCN1C(=O)C=CC1=O)C(=O)NCCNC(=O)CCN1C(=O)C=CC1=O. The Bertz CT molecular complexity index is 1160. The van der Waals surface area contributed by atoms with E-state index in [0.29, 0.717) is 6.61 Å². The fourth-order valence-electron chi connectivity index (χ4n) is 3.86. The smallest absolute Gasteiger partial charge is 0.253 e. The average molecular weight is 620 g/mol. The highest BCUT2D eigenvalue weighted by Gasteiger charge is 2.26. The molecular formula is C27H37N7O10. The van der Waals surface area contributed by atoms with E-state index in [2.05, 4.69) is 26.6 Å². The molecule has 0 aromatic heterocycles. The van der Waals surface area contributed by atoms with Gasteiger partial charge in [-0.1, -0.05) is 0 Å². The molecule has 17 nitrogen and oxygen atoms in total. The maximum Gasteiger partial charge on any atom is 0.253 e. The third kappa shape index (κ3) is 12.5. The first-order chi connectivity index (χ1) is 21.0. The number of carbonyl (C=O) groups excluding carboxylic acids is 9. The lowest BCUT2D eigenvalue weighted by molar-refractivity contribution is -0.139. The zero-order valence-electron chi connectivity index (χ0n) is 24.3. The van der Waals surface area contributed by atoms with Crippen LogP contribution in [0, 0.1) is 0 Å². The number of carbonyl (C=O) groups is 9. The predicted molar refractivity (Wildman–Crippen MR) is 151 cm³/mol. The molecule has 0 aromatic rings. The van der Waals surface area contributed by atoms with Crippen LogP contribution in [0.5, 0.6) is 0 Å². The Morgan fingerprint density at radius 3 is 1.52 bits per heavy atom. The lowest BCUT2D eigenvalue weighted by Gasteiger charge is -2.19. The maximum atomic E-state index is 12.8. The number of nitrogens with one attached hydrogen (secondary N) is 5. The van der Waals surface area contributed by atoms with Crippen molar-refractivity contribution in [3.8, 4) is 0 Å². The molecule has 0 fully saturated rings. The van der Waals surface area contributed by atoms with Crippen LogP contribution in [0.15, 0.2) is 24.3 Å². The summed E-state index contributed by atoms with van der Waals surface area (Å²) >= 11 is 0. The first-order valence-electron chi connectivity index (χ1n) is 14.0. The van der Waals surface area contributed by atoms with E-state index >= 15 is 0 Å². The topological polar surface area (TPSA) is 229 Å². The van der Waals surface area contributed by atoms with Gasteiger partial charge in [0, 0.05) is 89.4 Å². The normalized spacial score (nSPS) is 14.6. The summed E-state index contributed by atoms with van der Waals surface area (Å²) in [6, 6.07) is -1.24. The van der Waals surface area contributed by atoms with E-state index in [4.69, 9.17) is 4.74 Å². The van der Waals surface area contributed by atoms with Crippen molar-refractivity contribution >= 4 is 53.2 Å². The number of imide groups is 2. The van der Waals surface area contributed by atoms with Crippen LogP contribution in [0.3, 0.4) is 0 Å². The molecule has 2 aliphatic heterocycles. The zero-order chi connectivity index (χ0) is 32.5. The average Bonchev–Trinajstić information content (AvgIpc) is 3.48. The molecule has 44 heavy (non-hydrogen) atoms. The molecule has 0 radical (unpaired) electrons. The molecule has 0 bridgehead atoms. The number of rotatable bonds is 20. The van der Waals surface area contributed by atoms with E-state index in [9.17, 15) is 43.2 Å². The van der Waals surface area contributed by atoms with E-state index in [-0.39, 0.29) is 65.1 Å². The van der Waals surface area contributed by atoms with Gasteiger partial charge >= 0.3 is 0 Å². The van der Waals surface area contributed by atoms with Crippen molar-refractivity contribution in [1.82, 2.24) is 36.4 Å². The summed E-state index contributed by atoms with van der Waals surface area (Å²) in [6.07, 6.45) is 3.78. The van der Waals surface area contributed by atoms with Gasteiger partial charge in [0.2, 0.25) is 29.5 Å². The van der Waals surface area contributed by atoms with Gasteiger partial charge in [0.1, 0.15) is 6.04 Å². The van der Waals surface area contributed by atoms with Crippen LogP contribution in [0.4, 0.5) is 0 Å². The molecule has 0 aliphatic carbocycles. The van der Waals surface area contributed by atoms with Gasteiger partial charge in [-0.15, -0.1) is 0 Å². The lowest BCUT2D eigenvalue weighted by Crippen LogP contribution is -2.50. The molecule has 2 aliphatic rings.